The van der Waals surface area contributed by atoms with Gasteiger partial charge in [0.1, 0.15) is 5.01 Å². The third-order valence-corrected chi connectivity index (χ3v) is 7.65. The van der Waals surface area contributed by atoms with Crippen molar-refractivity contribution in [1.29, 1.82) is 0 Å². The number of aromatic nitrogens is 1. The molecule has 6 nitrogen and oxygen atoms in total. The molecule has 0 aliphatic rings. The molecular formula is C21H19F3N2O4S2. The lowest BCUT2D eigenvalue weighted by Crippen LogP contribution is -2.31. The van der Waals surface area contributed by atoms with Crippen molar-refractivity contribution in [2.45, 2.75) is 31.8 Å². The Morgan fingerprint density at radius 1 is 1.12 bits per heavy atom. The van der Waals surface area contributed by atoms with Gasteiger partial charge in [-0.1, -0.05) is 18.2 Å². The van der Waals surface area contributed by atoms with Crippen molar-refractivity contribution in [3.05, 3.63) is 64.0 Å². The third kappa shape index (κ3) is 4.49. The van der Waals surface area contributed by atoms with Crippen LogP contribution in [0.5, 0.6) is 0 Å². The standard InChI is InChI=1S/C21H19F3N2O4S2/c1-4-26(32(29,30)16-10-5-12(2)17(11-16)20(27)28)18-13(3)31-19(25-18)14-6-8-15(9-7-14)21(22,23)24/h5-11H,4H2,1-3H3,(H,27,28). The van der Waals surface area contributed by atoms with E-state index >= 15 is 0 Å². The highest BCUT2D eigenvalue weighted by Crippen LogP contribution is 2.36. The van der Waals surface area contributed by atoms with Crippen molar-refractivity contribution < 1.29 is 31.5 Å². The number of hydrogen-bond donors (Lipinski definition) is 1. The monoisotopic (exact) mass is 484 g/mol. The van der Waals surface area contributed by atoms with Gasteiger partial charge in [0.25, 0.3) is 10.0 Å². The van der Waals surface area contributed by atoms with E-state index in [-0.39, 0.29) is 22.8 Å². The molecule has 0 bridgehead atoms. The second-order valence-electron chi connectivity index (χ2n) is 6.93. The summed E-state index contributed by atoms with van der Waals surface area (Å²) in [7, 11) is -4.13. The molecule has 0 amide bonds. The van der Waals surface area contributed by atoms with E-state index in [2.05, 4.69) is 4.98 Å². The fourth-order valence-electron chi connectivity index (χ4n) is 3.10. The molecule has 0 radical (unpaired) electrons. The molecule has 3 aromatic rings. The van der Waals surface area contributed by atoms with E-state index in [1.165, 1.54) is 24.3 Å². The summed E-state index contributed by atoms with van der Waals surface area (Å²) in [4.78, 5) is 16.2. The number of rotatable bonds is 6. The number of aryl methyl sites for hydroxylation is 2. The quantitative estimate of drug-likeness (QED) is 0.509. The maximum Gasteiger partial charge on any atom is 0.416 e. The van der Waals surface area contributed by atoms with Crippen LogP contribution in [0.25, 0.3) is 10.6 Å². The van der Waals surface area contributed by atoms with E-state index in [1.807, 2.05) is 0 Å². The van der Waals surface area contributed by atoms with Gasteiger partial charge in [0, 0.05) is 17.0 Å². The fourth-order valence-corrected chi connectivity index (χ4v) is 5.59. The maximum atomic E-state index is 13.3. The van der Waals surface area contributed by atoms with E-state index < -0.39 is 27.7 Å². The van der Waals surface area contributed by atoms with Gasteiger partial charge in [-0.25, -0.2) is 22.5 Å². The number of hydrogen-bond acceptors (Lipinski definition) is 5. The zero-order valence-electron chi connectivity index (χ0n) is 17.3. The molecule has 2 aromatic carbocycles. The predicted molar refractivity (Wildman–Crippen MR) is 116 cm³/mol. The highest BCUT2D eigenvalue weighted by atomic mass is 32.2. The minimum absolute atomic E-state index is 0.0235. The topological polar surface area (TPSA) is 87.6 Å². The number of sulfonamides is 1. The van der Waals surface area contributed by atoms with Crippen LogP contribution in [-0.4, -0.2) is 31.0 Å². The van der Waals surface area contributed by atoms with Crippen molar-refractivity contribution in [3.8, 4) is 10.6 Å². The summed E-state index contributed by atoms with van der Waals surface area (Å²) in [5.41, 5.74) is -0.0630. The van der Waals surface area contributed by atoms with Crippen LogP contribution in [0.2, 0.25) is 0 Å². The van der Waals surface area contributed by atoms with Crippen LogP contribution < -0.4 is 4.31 Å². The Hall–Kier alpha value is -2.92. The number of carboxylic acid groups (broad SMARTS) is 1. The summed E-state index contributed by atoms with van der Waals surface area (Å²) in [6.45, 7) is 4.87. The van der Waals surface area contributed by atoms with Gasteiger partial charge in [-0.15, -0.1) is 11.3 Å². The van der Waals surface area contributed by atoms with Crippen molar-refractivity contribution in [2.75, 3.05) is 10.8 Å². The van der Waals surface area contributed by atoms with Crippen molar-refractivity contribution in [3.63, 3.8) is 0 Å². The first-order valence-corrected chi connectivity index (χ1v) is 11.6. The lowest BCUT2D eigenvalue weighted by atomic mass is 10.1. The van der Waals surface area contributed by atoms with Crippen LogP contribution in [0, 0.1) is 13.8 Å². The largest absolute Gasteiger partial charge is 0.478 e. The van der Waals surface area contributed by atoms with Gasteiger partial charge in [0.05, 0.1) is 16.0 Å². The van der Waals surface area contributed by atoms with Crippen molar-refractivity contribution >= 4 is 33.1 Å². The summed E-state index contributed by atoms with van der Waals surface area (Å²) in [6, 6.07) is 8.32. The zero-order valence-corrected chi connectivity index (χ0v) is 18.9. The minimum Gasteiger partial charge on any atom is -0.478 e. The molecular weight excluding hydrogens is 465 g/mol. The van der Waals surface area contributed by atoms with Gasteiger partial charge in [-0.3, -0.25) is 0 Å². The van der Waals surface area contributed by atoms with Gasteiger partial charge in [-0.05, 0) is 50.6 Å². The third-order valence-electron chi connectivity index (χ3n) is 4.78. The number of thiazole rings is 1. The average Bonchev–Trinajstić information content (AvgIpc) is 3.09. The molecule has 0 spiro atoms. The Labute approximate surface area is 187 Å². The molecule has 170 valence electrons. The molecule has 1 N–H and O–H groups in total. The summed E-state index contributed by atoms with van der Waals surface area (Å²) < 4.78 is 66.1. The molecule has 0 unspecified atom stereocenters. The molecule has 0 saturated carbocycles. The molecule has 3 rings (SSSR count). The Kier molecular flexibility index (Phi) is 6.34. The summed E-state index contributed by atoms with van der Waals surface area (Å²) >= 11 is 1.15. The van der Waals surface area contributed by atoms with Gasteiger partial charge < -0.3 is 5.11 Å². The average molecular weight is 485 g/mol. The Bertz CT molecular complexity index is 1270. The van der Waals surface area contributed by atoms with Gasteiger partial charge >= 0.3 is 12.1 Å². The van der Waals surface area contributed by atoms with Gasteiger partial charge in [0.15, 0.2) is 5.82 Å². The minimum atomic E-state index is -4.46. The first kappa shape index (κ1) is 23.7. The second kappa shape index (κ2) is 8.55. The van der Waals surface area contributed by atoms with Crippen molar-refractivity contribution in [2.24, 2.45) is 0 Å². The number of halogens is 3. The van der Waals surface area contributed by atoms with Crippen LogP contribution in [0.1, 0.15) is 33.3 Å². The van der Waals surface area contributed by atoms with Crippen LogP contribution >= 0.6 is 11.3 Å². The summed E-state index contributed by atoms with van der Waals surface area (Å²) in [5.74, 6) is -1.10. The second-order valence-corrected chi connectivity index (χ2v) is 9.99. The number of carbonyl (C=O) groups is 1. The lowest BCUT2D eigenvalue weighted by molar-refractivity contribution is -0.137. The predicted octanol–water partition coefficient (Wildman–Crippen LogP) is 5.36. The normalized spacial score (nSPS) is 12.1. The number of aromatic carboxylic acids is 1. The first-order chi connectivity index (χ1) is 14.9. The Morgan fingerprint density at radius 3 is 2.28 bits per heavy atom. The number of nitrogens with zero attached hydrogens (tertiary/aromatic N) is 2. The molecule has 11 heteroatoms. The zero-order chi connectivity index (χ0) is 23.8. The summed E-state index contributed by atoms with van der Waals surface area (Å²) in [6.07, 6.45) is -4.46. The van der Waals surface area contributed by atoms with E-state index in [0.717, 1.165) is 33.8 Å². The molecule has 1 aromatic heterocycles. The lowest BCUT2D eigenvalue weighted by Gasteiger charge is -2.21. The highest BCUT2D eigenvalue weighted by molar-refractivity contribution is 7.92. The molecule has 0 aliphatic heterocycles. The van der Waals surface area contributed by atoms with Gasteiger partial charge in [0.2, 0.25) is 0 Å². The smallest absolute Gasteiger partial charge is 0.416 e. The number of anilines is 1. The molecule has 0 fully saturated rings. The van der Waals surface area contributed by atoms with E-state index in [4.69, 9.17) is 0 Å². The van der Waals surface area contributed by atoms with E-state index in [9.17, 15) is 31.5 Å². The first-order valence-electron chi connectivity index (χ1n) is 9.38. The Balaban J connectivity index is 2.02. The SMILES string of the molecule is CCN(c1nc(-c2ccc(C(F)(F)F)cc2)sc1C)S(=O)(=O)c1ccc(C)c(C(=O)O)c1. The molecule has 0 saturated heterocycles. The van der Waals surface area contributed by atoms with Crippen LogP contribution in [0.4, 0.5) is 19.0 Å². The number of benzene rings is 2. The van der Waals surface area contributed by atoms with Crippen LogP contribution in [0.3, 0.4) is 0 Å². The maximum absolute atomic E-state index is 13.3. The summed E-state index contributed by atoms with van der Waals surface area (Å²) in [5, 5.41) is 9.69. The van der Waals surface area contributed by atoms with Crippen LogP contribution in [0.15, 0.2) is 47.4 Å². The number of alkyl halides is 3. The van der Waals surface area contributed by atoms with E-state index in [0.29, 0.717) is 21.0 Å². The molecule has 0 atom stereocenters. The van der Waals surface area contributed by atoms with E-state index in [1.54, 1.807) is 20.8 Å². The van der Waals surface area contributed by atoms with Gasteiger partial charge in [-0.2, -0.15) is 13.2 Å². The molecule has 32 heavy (non-hydrogen) atoms. The fraction of sp³-hybridized carbons (Fsp3) is 0.238. The van der Waals surface area contributed by atoms with Crippen molar-refractivity contribution in [1.82, 2.24) is 4.98 Å². The molecule has 0 aliphatic carbocycles. The van der Waals surface area contributed by atoms with Crippen LogP contribution in [-0.2, 0) is 16.2 Å². The number of carboxylic acids is 1. The highest BCUT2D eigenvalue weighted by Gasteiger charge is 2.31. The molecule has 1 heterocycles. The Morgan fingerprint density at radius 2 is 1.75 bits per heavy atom.